The van der Waals surface area contributed by atoms with Crippen molar-refractivity contribution in [2.75, 3.05) is 32.3 Å². The standard InChI is InChI=1S/C26H29N3O7/c1-4-15-27-26(33)28-22(30)16-36-25(32)21-13-14-23(31)29(18-7-11-20(35-3)12-8-18)24(21)17-5-9-19(34-2)10-6-17/h4-12,21,24H,1,13-16H2,2-3H3,(H2,27,28,30,33). The SMILES string of the molecule is C=CCNC(=O)NC(=O)COC(=O)C1CCC(=O)N(c2ccc(OC)cc2)C1c1ccc(OC)cc1. The van der Waals surface area contributed by atoms with Crippen molar-refractivity contribution in [2.45, 2.75) is 18.9 Å². The number of hydrogen-bond acceptors (Lipinski definition) is 7. The van der Waals surface area contributed by atoms with Crippen LogP contribution in [0.4, 0.5) is 10.5 Å². The Hall–Kier alpha value is -4.34. The number of ether oxygens (including phenoxy) is 3. The van der Waals surface area contributed by atoms with Crippen LogP contribution in [-0.4, -0.2) is 51.2 Å². The molecule has 1 heterocycles. The van der Waals surface area contributed by atoms with Gasteiger partial charge in [0.1, 0.15) is 11.5 Å². The molecule has 0 saturated carbocycles. The number of nitrogens with one attached hydrogen (secondary N) is 2. The number of hydrogen-bond donors (Lipinski definition) is 2. The second-order valence-electron chi connectivity index (χ2n) is 7.98. The number of benzene rings is 2. The fourth-order valence-electron chi connectivity index (χ4n) is 3.98. The first kappa shape index (κ1) is 26.3. The van der Waals surface area contributed by atoms with Crippen molar-refractivity contribution in [1.82, 2.24) is 10.6 Å². The molecule has 2 N–H and O–H groups in total. The smallest absolute Gasteiger partial charge is 0.321 e. The molecule has 2 aromatic rings. The predicted octanol–water partition coefficient (Wildman–Crippen LogP) is 2.74. The maximum Gasteiger partial charge on any atom is 0.321 e. The molecule has 4 amide bonds. The molecule has 1 aliphatic rings. The molecule has 2 unspecified atom stereocenters. The Kier molecular flexibility index (Phi) is 9.04. The van der Waals surface area contributed by atoms with Crippen LogP contribution in [0.2, 0.25) is 0 Å². The van der Waals surface area contributed by atoms with Crippen molar-refractivity contribution in [3.8, 4) is 11.5 Å². The molecule has 0 aliphatic carbocycles. The molecule has 0 radical (unpaired) electrons. The van der Waals surface area contributed by atoms with Gasteiger partial charge in [-0.05, 0) is 48.4 Å². The maximum absolute atomic E-state index is 13.2. The number of anilines is 1. The van der Waals surface area contributed by atoms with Gasteiger partial charge in [-0.2, -0.15) is 0 Å². The molecule has 190 valence electrons. The molecule has 36 heavy (non-hydrogen) atoms. The van der Waals surface area contributed by atoms with Crippen molar-refractivity contribution >= 4 is 29.5 Å². The number of piperidine rings is 1. The zero-order valence-corrected chi connectivity index (χ0v) is 20.2. The topological polar surface area (TPSA) is 123 Å². The molecule has 0 aromatic heterocycles. The average Bonchev–Trinajstić information content (AvgIpc) is 2.90. The van der Waals surface area contributed by atoms with Crippen molar-refractivity contribution in [1.29, 1.82) is 0 Å². The molecule has 10 heteroatoms. The van der Waals surface area contributed by atoms with Gasteiger partial charge in [0.2, 0.25) is 5.91 Å². The van der Waals surface area contributed by atoms with Gasteiger partial charge in [0.05, 0.1) is 26.2 Å². The van der Waals surface area contributed by atoms with Crippen molar-refractivity contribution in [3.05, 3.63) is 66.7 Å². The van der Waals surface area contributed by atoms with Crippen molar-refractivity contribution in [2.24, 2.45) is 5.92 Å². The van der Waals surface area contributed by atoms with Crippen LogP contribution >= 0.6 is 0 Å². The van der Waals surface area contributed by atoms with Crippen LogP contribution in [0, 0.1) is 5.92 Å². The Balaban J connectivity index is 1.84. The highest BCUT2D eigenvalue weighted by molar-refractivity contribution is 5.98. The summed E-state index contributed by atoms with van der Waals surface area (Å²) in [7, 11) is 3.10. The molecular formula is C26H29N3O7. The highest BCUT2D eigenvalue weighted by atomic mass is 16.5. The van der Waals surface area contributed by atoms with E-state index in [4.69, 9.17) is 14.2 Å². The molecule has 2 atom stereocenters. The summed E-state index contributed by atoms with van der Waals surface area (Å²) in [5, 5.41) is 4.47. The lowest BCUT2D eigenvalue weighted by molar-refractivity contribution is -0.154. The lowest BCUT2D eigenvalue weighted by Crippen LogP contribution is -2.47. The van der Waals surface area contributed by atoms with Crippen LogP contribution in [0.25, 0.3) is 0 Å². The van der Waals surface area contributed by atoms with E-state index >= 15 is 0 Å². The largest absolute Gasteiger partial charge is 0.497 e. The Morgan fingerprint density at radius 2 is 1.64 bits per heavy atom. The number of carbonyl (C=O) groups is 4. The van der Waals surface area contributed by atoms with Gasteiger partial charge < -0.3 is 24.4 Å². The zero-order chi connectivity index (χ0) is 26.1. The highest BCUT2D eigenvalue weighted by Crippen LogP contribution is 2.41. The van der Waals surface area contributed by atoms with E-state index in [1.165, 1.54) is 6.08 Å². The summed E-state index contributed by atoms with van der Waals surface area (Å²) in [4.78, 5) is 51.5. The molecular weight excluding hydrogens is 466 g/mol. The van der Waals surface area contributed by atoms with Gasteiger partial charge in [0.15, 0.2) is 6.61 Å². The minimum absolute atomic E-state index is 0.120. The average molecular weight is 496 g/mol. The Bertz CT molecular complexity index is 1100. The third kappa shape index (κ3) is 6.41. The lowest BCUT2D eigenvalue weighted by Gasteiger charge is -2.40. The fraction of sp³-hybridized carbons (Fsp3) is 0.308. The second-order valence-corrected chi connectivity index (χ2v) is 7.98. The van der Waals surface area contributed by atoms with Gasteiger partial charge in [0.25, 0.3) is 5.91 Å². The van der Waals surface area contributed by atoms with Gasteiger partial charge in [0, 0.05) is 18.7 Å². The summed E-state index contributed by atoms with van der Waals surface area (Å²) >= 11 is 0. The van der Waals surface area contributed by atoms with E-state index in [-0.39, 0.29) is 25.3 Å². The van der Waals surface area contributed by atoms with Crippen LogP contribution in [0.1, 0.15) is 24.4 Å². The normalized spacial score (nSPS) is 17.1. The first-order valence-electron chi connectivity index (χ1n) is 11.3. The summed E-state index contributed by atoms with van der Waals surface area (Å²) in [6, 6.07) is 12.6. The molecule has 0 spiro atoms. The van der Waals surface area contributed by atoms with E-state index in [1.54, 1.807) is 67.7 Å². The second kappa shape index (κ2) is 12.4. The fourth-order valence-corrected chi connectivity index (χ4v) is 3.98. The minimum atomic E-state index is -0.773. The molecule has 1 fully saturated rings. The van der Waals surface area contributed by atoms with E-state index in [9.17, 15) is 19.2 Å². The first-order valence-corrected chi connectivity index (χ1v) is 11.3. The van der Waals surface area contributed by atoms with Crippen LogP contribution in [0.5, 0.6) is 11.5 Å². The molecule has 3 rings (SSSR count). The minimum Gasteiger partial charge on any atom is -0.497 e. The molecule has 10 nitrogen and oxygen atoms in total. The quantitative estimate of drug-likeness (QED) is 0.405. The monoisotopic (exact) mass is 495 g/mol. The number of rotatable bonds is 9. The van der Waals surface area contributed by atoms with E-state index in [0.29, 0.717) is 22.7 Å². The van der Waals surface area contributed by atoms with Gasteiger partial charge in [-0.25, -0.2) is 4.79 Å². The van der Waals surface area contributed by atoms with E-state index in [1.807, 2.05) is 0 Å². The van der Waals surface area contributed by atoms with Gasteiger partial charge in [-0.1, -0.05) is 18.2 Å². The van der Waals surface area contributed by atoms with Crippen LogP contribution in [-0.2, 0) is 19.1 Å². The Labute approximate surface area is 209 Å². The van der Waals surface area contributed by atoms with Gasteiger partial charge in [-0.3, -0.25) is 19.7 Å². The molecule has 1 saturated heterocycles. The summed E-state index contributed by atoms with van der Waals surface area (Å²) < 4.78 is 15.7. The van der Waals surface area contributed by atoms with E-state index < -0.39 is 36.5 Å². The lowest BCUT2D eigenvalue weighted by atomic mass is 9.83. The third-order valence-electron chi connectivity index (χ3n) is 5.71. The van der Waals surface area contributed by atoms with Crippen LogP contribution in [0.3, 0.4) is 0 Å². The summed E-state index contributed by atoms with van der Waals surface area (Å²) in [6.45, 7) is 3.01. The van der Waals surface area contributed by atoms with Gasteiger partial charge >= 0.3 is 12.0 Å². The van der Waals surface area contributed by atoms with Gasteiger partial charge in [-0.15, -0.1) is 6.58 Å². The number of methoxy groups -OCH3 is 2. The van der Waals surface area contributed by atoms with Crippen LogP contribution < -0.4 is 25.0 Å². The molecule has 2 aromatic carbocycles. The highest BCUT2D eigenvalue weighted by Gasteiger charge is 2.42. The maximum atomic E-state index is 13.2. The Morgan fingerprint density at radius 3 is 2.22 bits per heavy atom. The first-order chi connectivity index (χ1) is 17.4. The number of esters is 1. The summed E-state index contributed by atoms with van der Waals surface area (Å²) in [5.41, 5.74) is 1.30. The Morgan fingerprint density at radius 1 is 1.03 bits per heavy atom. The number of imide groups is 1. The number of amides is 4. The summed E-state index contributed by atoms with van der Waals surface area (Å²) in [5.74, 6) is -1.07. The number of carbonyl (C=O) groups excluding carboxylic acids is 4. The zero-order valence-electron chi connectivity index (χ0n) is 20.2. The number of urea groups is 1. The van der Waals surface area contributed by atoms with E-state index in [0.717, 1.165) is 0 Å². The summed E-state index contributed by atoms with van der Waals surface area (Å²) in [6.07, 6.45) is 1.82. The van der Waals surface area contributed by atoms with Crippen LogP contribution in [0.15, 0.2) is 61.2 Å². The molecule has 0 bridgehead atoms. The third-order valence-corrected chi connectivity index (χ3v) is 5.71. The van der Waals surface area contributed by atoms with Crippen molar-refractivity contribution in [3.63, 3.8) is 0 Å². The predicted molar refractivity (Wildman–Crippen MR) is 132 cm³/mol. The number of nitrogens with zero attached hydrogens (tertiary/aromatic N) is 1. The van der Waals surface area contributed by atoms with E-state index in [2.05, 4.69) is 17.2 Å². The molecule has 1 aliphatic heterocycles. The van der Waals surface area contributed by atoms with Crippen molar-refractivity contribution < 1.29 is 33.4 Å².